The number of aromatic amines is 1. The molecule has 7 heteroatoms. The van der Waals surface area contributed by atoms with E-state index < -0.39 is 0 Å². The Morgan fingerprint density at radius 1 is 1.41 bits per heavy atom. The minimum absolute atomic E-state index is 0.254. The minimum Gasteiger partial charge on any atom is -0.369 e. The lowest BCUT2D eigenvalue weighted by molar-refractivity contribution is 0.102. The zero-order chi connectivity index (χ0) is 12.1. The Labute approximate surface area is 97.7 Å². The fraction of sp³-hybridized carbons (Fsp3) is 0.200. The number of H-pyrrole nitrogens is 1. The molecule has 0 saturated heterocycles. The van der Waals surface area contributed by atoms with Gasteiger partial charge >= 0.3 is 0 Å². The van der Waals surface area contributed by atoms with Crippen LogP contribution in [0.25, 0.3) is 0 Å². The number of anilines is 2. The van der Waals surface area contributed by atoms with E-state index in [-0.39, 0.29) is 11.6 Å². The minimum atomic E-state index is -0.321. The lowest BCUT2D eigenvalue weighted by Crippen LogP contribution is -2.14. The number of rotatable bonds is 4. The van der Waals surface area contributed by atoms with Gasteiger partial charge in [-0.2, -0.15) is 5.10 Å². The van der Waals surface area contributed by atoms with Gasteiger partial charge in [0, 0.05) is 12.7 Å². The van der Waals surface area contributed by atoms with E-state index in [2.05, 4.69) is 30.8 Å². The van der Waals surface area contributed by atoms with Gasteiger partial charge in [-0.25, -0.2) is 4.98 Å². The first kappa shape index (κ1) is 11.1. The molecule has 3 N–H and O–H groups in total. The lowest BCUT2D eigenvalue weighted by Gasteiger charge is -2.04. The topological polar surface area (TPSA) is 95.6 Å². The van der Waals surface area contributed by atoms with Crippen molar-refractivity contribution >= 4 is 17.4 Å². The molecule has 88 valence electrons. The third-order valence-electron chi connectivity index (χ3n) is 1.98. The van der Waals surface area contributed by atoms with Crippen LogP contribution in [-0.2, 0) is 0 Å². The van der Waals surface area contributed by atoms with E-state index >= 15 is 0 Å². The van der Waals surface area contributed by atoms with E-state index in [1.54, 1.807) is 12.4 Å². The van der Waals surface area contributed by atoms with Crippen molar-refractivity contribution in [1.82, 2.24) is 20.2 Å². The lowest BCUT2D eigenvalue weighted by atomic mass is 10.4. The Bertz CT molecular complexity index is 495. The van der Waals surface area contributed by atoms with E-state index in [1.165, 1.54) is 12.4 Å². The number of hydrogen-bond acceptors (Lipinski definition) is 5. The summed E-state index contributed by atoms with van der Waals surface area (Å²) >= 11 is 0. The summed E-state index contributed by atoms with van der Waals surface area (Å²) in [6.07, 6.45) is 6.08. The van der Waals surface area contributed by atoms with Crippen molar-refractivity contribution in [2.45, 2.75) is 6.92 Å². The molecule has 0 fully saturated rings. The van der Waals surface area contributed by atoms with Gasteiger partial charge in [-0.15, -0.1) is 0 Å². The van der Waals surface area contributed by atoms with E-state index in [0.29, 0.717) is 11.5 Å². The number of amides is 1. The summed E-state index contributed by atoms with van der Waals surface area (Å²) < 4.78 is 0. The molecule has 1 amide bonds. The quantitative estimate of drug-likeness (QED) is 0.727. The molecule has 0 aromatic carbocycles. The fourth-order valence-electron chi connectivity index (χ4n) is 1.26. The number of carbonyl (C=O) groups is 1. The molecular formula is C10H12N6O. The molecular weight excluding hydrogens is 220 g/mol. The second-order valence-electron chi connectivity index (χ2n) is 3.26. The molecule has 2 heterocycles. The van der Waals surface area contributed by atoms with Gasteiger partial charge in [0.2, 0.25) is 0 Å². The third kappa shape index (κ3) is 2.77. The van der Waals surface area contributed by atoms with Gasteiger partial charge < -0.3 is 10.6 Å². The van der Waals surface area contributed by atoms with Crippen molar-refractivity contribution in [2.24, 2.45) is 0 Å². The highest BCUT2D eigenvalue weighted by Gasteiger charge is 2.09. The standard InChI is InChI=1S/C10H12N6O/c1-2-12-9-6-11-5-8(16-9)10(17)15-7-3-13-14-4-7/h3-6H,2H2,1H3,(H,12,16)(H,13,14)(H,15,17). The van der Waals surface area contributed by atoms with Crippen LogP contribution in [0, 0.1) is 0 Å². The Hall–Kier alpha value is -2.44. The predicted molar refractivity (Wildman–Crippen MR) is 62.7 cm³/mol. The van der Waals surface area contributed by atoms with E-state index in [9.17, 15) is 4.79 Å². The first-order valence-corrected chi connectivity index (χ1v) is 5.15. The SMILES string of the molecule is CCNc1cncc(C(=O)Nc2cn[nH]c2)n1. The largest absolute Gasteiger partial charge is 0.369 e. The number of carbonyl (C=O) groups excluding carboxylic acids is 1. The highest BCUT2D eigenvalue weighted by molar-refractivity contribution is 6.02. The summed E-state index contributed by atoms with van der Waals surface area (Å²) in [6.45, 7) is 2.67. The second kappa shape index (κ2) is 5.06. The van der Waals surface area contributed by atoms with Crippen LogP contribution in [0.15, 0.2) is 24.8 Å². The van der Waals surface area contributed by atoms with Gasteiger partial charge in [0.1, 0.15) is 11.5 Å². The molecule has 0 radical (unpaired) electrons. The predicted octanol–water partition coefficient (Wildman–Crippen LogP) is 0.884. The summed E-state index contributed by atoms with van der Waals surface area (Å²) in [5.74, 6) is 0.256. The normalized spacial score (nSPS) is 9.94. The first-order valence-electron chi connectivity index (χ1n) is 5.15. The van der Waals surface area contributed by atoms with E-state index in [0.717, 1.165) is 6.54 Å². The summed E-state index contributed by atoms with van der Waals surface area (Å²) in [5.41, 5.74) is 0.843. The molecule has 0 spiro atoms. The third-order valence-corrected chi connectivity index (χ3v) is 1.98. The van der Waals surface area contributed by atoms with Crippen LogP contribution < -0.4 is 10.6 Å². The van der Waals surface area contributed by atoms with Crippen LogP contribution in [0.1, 0.15) is 17.4 Å². The molecule has 0 bridgehead atoms. The van der Waals surface area contributed by atoms with Gasteiger partial charge in [-0.3, -0.25) is 14.9 Å². The fourth-order valence-corrected chi connectivity index (χ4v) is 1.26. The second-order valence-corrected chi connectivity index (χ2v) is 3.26. The van der Waals surface area contributed by atoms with Gasteiger partial charge in [0.15, 0.2) is 0 Å². The molecule has 2 aromatic rings. The molecule has 0 atom stereocenters. The van der Waals surface area contributed by atoms with Crippen LogP contribution in [0.5, 0.6) is 0 Å². The van der Waals surface area contributed by atoms with Gasteiger partial charge in [-0.05, 0) is 6.92 Å². The highest BCUT2D eigenvalue weighted by Crippen LogP contribution is 2.06. The van der Waals surface area contributed by atoms with E-state index in [1.807, 2.05) is 6.92 Å². The molecule has 7 nitrogen and oxygen atoms in total. The Balaban J connectivity index is 2.11. The van der Waals surface area contributed by atoms with Crippen LogP contribution in [0.4, 0.5) is 11.5 Å². The summed E-state index contributed by atoms with van der Waals surface area (Å²) in [4.78, 5) is 19.9. The number of nitrogens with zero attached hydrogens (tertiary/aromatic N) is 3. The Morgan fingerprint density at radius 2 is 2.29 bits per heavy atom. The number of hydrogen-bond donors (Lipinski definition) is 3. The molecule has 17 heavy (non-hydrogen) atoms. The molecule has 0 aliphatic carbocycles. The van der Waals surface area contributed by atoms with Crippen molar-refractivity contribution in [3.05, 3.63) is 30.5 Å². The molecule has 0 aliphatic heterocycles. The highest BCUT2D eigenvalue weighted by atomic mass is 16.1. The van der Waals surface area contributed by atoms with Crippen LogP contribution >= 0.6 is 0 Å². The van der Waals surface area contributed by atoms with Gasteiger partial charge in [0.05, 0.1) is 24.3 Å². The molecule has 2 rings (SSSR count). The van der Waals surface area contributed by atoms with Gasteiger partial charge in [0.25, 0.3) is 5.91 Å². The van der Waals surface area contributed by atoms with E-state index in [4.69, 9.17) is 0 Å². The molecule has 2 aromatic heterocycles. The van der Waals surface area contributed by atoms with Crippen LogP contribution in [0.3, 0.4) is 0 Å². The molecule has 0 saturated carbocycles. The smallest absolute Gasteiger partial charge is 0.276 e. The molecule has 0 aliphatic rings. The van der Waals surface area contributed by atoms with Gasteiger partial charge in [-0.1, -0.05) is 0 Å². The van der Waals surface area contributed by atoms with Crippen molar-refractivity contribution < 1.29 is 4.79 Å². The zero-order valence-corrected chi connectivity index (χ0v) is 9.27. The number of aromatic nitrogens is 4. The van der Waals surface area contributed by atoms with Crippen molar-refractivity contribution in [3.8, 4) is 0 Å². The summed E-state index contributed by atoms with van der Waals surface area (Å²) in [7, 11) is 0. The zero-order valence-electron chi connectivity index (χ0n) is 9.27. The Kier molecular flexibility index (Phi) is 3.29. The maximum Gasteiger partial charge on any atom is 0.276 e. The number of nitrogens with one attached hydrogen (secondary N) is 3. The van der Waals surface area contributed by atoms with Crippen molar-refractivity contribution in [3.63, 3.8) is 0 Å². The molecule has 0 unspecified atom stereocenters. The summed E-state index contributed by atoms with van der Waals surface area (Å²) in [6, 6.07) is 0. The maximum atomic E-state index is 11.8. The average molecular weight is 232 g/mol. The van der Waals surface area contributed by atoms with Crippen molar-refractivity contribution in [2.75, 3.05) is 17.2 Å². The maximum absolute atomic E-state index is 11.8. The first-order chi connectivity index (χ1) is 8.29. The Morgan fingerprint density at radius 3 is 3.00 bits per heavy atom. The monoisotopic (exact) mass is 232 g/mol. The average Bonchev–Trinajstić information content (AvgIpc) is 2.83. The van der Waals surface area contributed by atoms with Crippen molar-refractivity contribution in [1.29, 1.82) is 0 Å². The van der Waals surface area contributed by atoms with Crippen LogP contribution in [0.2, 0.25) is 0 Å². The van der Waals surface area contributed by atoms with Crippen LogP contribution in [-0.4, -0.2) is 32.6 Å². The summed E-state index contributed by atoms with van der Waals surface area (Å²) in [5, 5.41) is 12.0.